The van der Waals surface area contributed by atoms with Crippen LogP contribution in [0.15, 0.2) is 71.5 Å². The molecule has 0 atom stereocenters. The van der Waals surface area contributed by atoms with Gasteiger partial charge in [-0.2, -0.15) is 5.26 Å². The highest BCUT2D eigenvalue weighted by Gasteiger charge is 2.24. The number of hydrogen-bond acceptors (Lipinski definition) is 6. The average molecular weight is 490 g/mol. The van der Waals surface area contributed by atoms with E-state index in [9.17, 15) is 14.9 Å². The standard InChI is InChI=1S/C28H23N7O2/c29-16-18-5-1-4-8-23(18)34-11-13-35(14-12-34)28(37)17-9-10-20-19(15-17)24(30)25(31-20)26-27(36)33-22-7-3-2-6-21(22)32-26/h1-10,15,31H,11-14,30H2,(H,33,36). The van der Waals surface area contributed by atoms with Crippen LogP contribution in [0, 0.1) is 11.3 Å². The van der Waals surface area contributed by atoms with Crippen molar-refractivity contribution in [1.29, 1.82) is 5.26 Å². The first-order valence-electron chi connectivity index (χ1n) is 12.0. The number of nitrogens with one attached hydrogen (secondary N) is 2. The topological polar surface area (TPSA) is 135 Å². The van der Waals surface area contributed by atoms with Crippen molar-refractivity contribution in [2.24, 2.45) is 0 Å². The van der Waals surface area contributed by atoms with Crippen molar-refractivity contribution in [3.8, 4) is 17.5 Å². The molecule has 3 aromatic carbocycles. The molecule has 1 aliphatic heterocycles. The normalized spacial score (nSPS) is 13.7. The predicted octanol–water partition coefficient (Wildman–Crippen LogP) is 3.49. The van der Waals surface area contributed by atoms with E-state index in [0.29, 0.717) is 65.1 Å². The molecular weight excluding hydrogens is 466 g/mol. The first kappa shape index (κ1) is 22.4. The minimum atomic E-state index is -0.343. The zero-order valence-corrected chi connectivity index (χ0v) is 19.9. The van der Waals surface area contributed by atoms with Gasteiger partial charge in [0.15, 0.2) is 5.69 Å². The van der Waals surface area contributed by atoms with E-state index in [1.54, 1.807) is 30.3 Å². The number of nitrogen functional groups attached to an aromatic ring is 1. The number of rotatable bonds is 3. The van der Waals surface area contributed by atoms with Gasteiger partial charge in [-0.3, -0.25) is 9.59 Å². The molecule has 3 heterocycles. The van der Waals surface area contributed by atoms with Crippen LogP contribution in [-0.4, -0.2) is 51.9 Å². The van der Waals surface area contributed by atoms with E-state index in [1.807, 2.05) is 41.3 Å². The number of aromatic amines is 2. The molecule has 182 valence electrons. The van der Waals surface area contributed by atoms with E-state index < -0.39 is 0 Å². The summed E-state index contributed by atoms with van der Waals surface area (Å²) in [4.78, 5) is 40.6. The number of nitrogens with two attached hydrogens (primary N) is 1. The van der Waals surface area contributed by atoms with Gasteiger partial charge in [0.2, 0.25) is 0 Å². The summed E-state index contributed by atoms with van der Waals surface area (Å²) in [5.41, 5.74) is 11.2. The first-order valence-corrected chi connectivity index (χ1v) is 12.0. The van der Waals surface area contributed by atoms with Crippen LogP contribution in [0.4, 0.5) is 11.4 Å². The van der Waals surface area contributed by atoms with E-state index in [1.165, 1.54) is 0 Å². The molecule has 1 amide bonds. The molecule has 6 rings (SSSR count). The fourth-order valence-corrected chi connectivity index (χ4v) is 4.91. The third-order valence-electron chi connectivity index (χ3n) is 6.85. The Morgan fingerprint density at radius 1 is 0.946 bits per heavy atom. The number of amides is 1. The van der Waals surface area contributed by atoms with Gasteiger partial charge in [0, 0.05) is 42.6 Å². The lowest BCUT2D eigenvalue weighted by Gasteiger charge is -2.36. The Morgan fingerprint density at radius 2 is 1.70 bits per heavy atom. The molecule has 4 N–H and O–H groups in total. The highest BCUT2D eigenvalue weighted by Crippen LogP contribution is 2.32. The Morgan fingerprint density at radius 3 is 2.51 bits per heavy atom. The zero-order chi connectivity index (χ0) is 25.5. The summed E-state index contributed by atoms with van der Waals surface area (Å²) in [5.74, 6) is -0.0843. The predicted molar refractivity (Wildman–Crippen MR) is 143 cm³/mol. The van der Waals surface area contributed by atoms with Gasteiger partial charge >= 0.3 is 0 Å². The highest BCUT2D eigenvalue weighted by molar-refractivity contribution is 6.04. The van der Waals surface area contributed by atoms with Crippen LogP contribution in [0.2, 0.25) is 0 Å². The number of fused-ring (bicyclic) bond motifs is 2. The van der Waals surface area contributed by atoms with Crippen molar-refractivity contribution in [2.75, 3.05) is 36.8 Å². The van der Waals surface area contributed by atoms with Gasteiger partial charge in [0.1, 0.15) is 6.07 Å². The third kappa shape index (κ3) is 3.85. The van der Waals surface area contributed by atoms with Gasteiger partial charge in [-0.05, 0) is 42.5 Å². The summed E-state index contributed by atoms with van der Waals surface area (Å²) in [6, 6.07) is 22.4. The molecule has 0 unspecified atom stereocenters. The van der Waals surface area contributed by atoms with E-state index >= 15 is 0 Å². The van der Waals surface area contributed by atoms with Crippen molar-refractivity contribution in [3.63, 3.8) is 0 Å². The number of para-hydroxylation sites is 3. The number of hydrogen-bond donors (Lipinski definition) is 3. The summed E-state index contributed by atoms with van der Waals surface area (Å²) >= 11 is 0. The number of anilines is 2. The molecule has 0 radical (unpaired) electrons. The second kappa shape index (κ2) is 8.84. The molecule has 9 heteroatoms. The van der Waals surface area contributed by atoms with Gasteiger partial charge in [-0.15, -0.1) is 0 Å². The van der Waals surface area contributed by atoms with E-state index in [-0.39, 0.29) is 17.2 Å². The Balaban J connectivity index is 1.26. The van der Waals surface area contributed by atoms with Crippen molar-refractivity contribution >= 4 is 39.2 Å². The lowest BCUT2D eigenvalue weighted by Crippen LogP contribution is -2.49. The minimum Gasteiger partial charge on any atom is -0.396 e. The zero-order valence-electron chi connectivity index (χ0n) is 19.9. The van der Waals surface area contributed by atoms with Crippen LogP contribution in [0.5, 0.6) is 0 Å². The van der Waals surface area contributed by atoms with Crippen LogP contribution >= 0.6 is 0 Å². The number of carbonyl (C=O) groups excluding carboxylic acids is 1. The number of nitrogens with zero attached hydrogens (tertiary/aromatic N) is 4. The lowest BCUT2D eigenvalue weighted by atomic mass is 10.1. The number of H-pyrrole nitrogens is 2. The van der Waals surface area contributed by atoms with Crippen LogP contribution in [-0.2, 0) is 0 Å². The molecule has 0 bridgehead atoms. The molecule has 2 aromatic heterocycles. The molecule has 0 saturated carbocycles. The third-order valence-corrected chi connectivity index (χ3v) is 6.85. The van der Waals surface area contributed by atoms with Gasteiger partial charge in [0.25, 0.3) is 11.5 Å². The van der Waals surface area contributed by atoms with Gasteiger partial charge in [-0.25, -0.2) is 4.98 Å². The largest absolute Gasteiger partial charge is 0.396 e. The molecule has 1 aliphatic rings. The van der Waals surface area contributed by atoms with Crippen molar-refractivity contribution in [1.82, 2.24) is 19.9 Å². The Hall–Kier alpha value is -5.10. The quantitative estimate of drug-likeness (QED) is 0.355. The molecular formula is C28H23N7O2. The summed E-state index contributed by atoms with van der Waals surface area (Å²) in [7, 11) is 0. The molecule has 1 fully saturated rings. The van der Waals surface area contributed by atoms with Crippen molar-refractivity contribution < 1.29 is 4.79 Å². The fourth-order valence-electron chi connectivity index (χ4n) is 4.91. The van der Waals surface area contributed by atoms with Crippen molar-refractivity contribution in [2.45, 2.75) is 0 Å². The fraction of sp³-hybridized carbons (Fsp3) is 0.143. The maximum Gasteiger partial charge on any atom is 0.276 e. The van der Waals surface area contributed by atoms with E-state index in [0.717, 1.165) is 11.2 Å². The summed E-state index contributed by atoms with van der Waals surface area (Å²) in [5, 5.41) is 10.1. The number of piperazine rings is 1. The van der Waals surface area contributed by atoms with Gasteiger partial charge in [0.05, 0.1) is 33.7 Å². The van der Waals surface area contributed by atoms with E-state index in [4.69, 9.17) is 5.73 Å². The van der Waals surface area contributed by atoms with Gasteiger partial charge in [-0.1, -0.05) is 24.3 Å². The second-order valence-corrected chi connectivity index (χ2v) is 9.01. The Kier molecular flexibility index (Phi) is 5.34. The van der Waals surface area contributed by atoms with Crippen LogP contribution in [0.1, 0.15) is 15.9 Å². The maximum atomic E-state index is 13.3. The summed E-state index contributed by atoms with van der Waals surface area (Å²) in [6.45, 7) is 2.36. The SMILES string of the molecule is N#Cc1ccccc1N1CCN(C(=O)c2ccc3[nH]c(-c4nc5ccccc5[nH]c4=O)c(N)c3c2)CC1. The van der Waals surface area contributed by atoms with Crippen LogP contribution < -0.4 is 16.2 Å². The van der Waals surface area contributed by atoms with Gasteiger partial charge < -0.3 is 25.5 Å². The minimum absolute atomic E-state index is 0.0843. The second-order valence-electron chi connectivity index (χ2n) is 9.01. The van der Waals surface area contributed by atoms with Crippen LogP contribution in [0.3, 0.4) is 0 Å². The number of benzene rings is 3. The molecule has 5 aromatic rings. The maximum absolute atomic E-state index is 13.3. The molecule has 37 heavy (non-hydrogen) atoms. The number of aromatic nitrogens is 3. The summed E-state index contributed by atoms with van der Waals surface area (Å²) in [6.07, 6.45) is 0. The lowest BCUT2D eigenvalue weighted by molar-refractivity contribution is 0.0747. The Labute approximate surface area is 211 Å². The number of carbonyl (C=O) groups is 1. The number of nitriles is 1. The summed E-state index contributed by atoms with van der Waals surface area (Å²) < 4.78 is 0. The molecule has 9 nitrogen and oxygen atoms in total. The smallest absolute Gasteiger partial charge is 0.276 e. The monoisotopic (exact) mass is 489 g/mol. The molecule has 0 aliphatic carbocycles. The highest BCUT2D eigenvalue weighted by atomic mass is 16.2. The van der Waals surface area contributed by atoms with Crippen LogP contribution in [0.25, 0.3) is 33.3 Å². The molecule has 0 spiro atoms. The Bertz CT molecular complexity index is 1770. The first-order chi connectivity index (χ1) is 18.0. The molecule has 1 saturated heterocycles. The average Bonchev–Trinajstić information content (AvgIpc) is 3.27. The van der Waals surface area contributed by atoms with Crippen molar-refractivity contribution in [3.05, 3.63) is 88.2 Å². The van der Waals surface area contributed by atoms with E-state index in [2.05, 4.69) is 25.9 Å².